The SMILES string of the molecule is CC/C=C\C/C=C\C/C=C\C/C=C\C/C=C\C/C=C\C/C=C\CCCC(=O)OCC(COC(=O)CCCCCCC/C=C\CCCCCCCC)OC(=O)CCCCCCC/C=C\C/C=C\C/C=C\C/C=C\C/C=C\CC. The molecular weight excluding hydrogens is 949 g/mol. The summed E-state index contributed by atoms with van der Waals surface area (Å²) in [5.74, 6) is -1.01. The summed E-state index contributed by atoms with van der Waals surface area (Å²) in [6.45, 7) is 6.33. The molecule has 1 atom stereocenters. The van der Waals surface area contributed by atoms with E-state index < -0.39 is 6.10 Å². The van der Waals surface area contributed by atoms with Crippen LogP contribution in [0.15, 0.2) is 158 Å². The number of hydrogen-bond donors (Lipinski definition) is 0. The summed E-state index contributed by atoms with van der Waals surface area (Å²) in [6, 6.07) is 0. The molecule has 432 valence electrons. The van der Waals surface area contributed by atoms with E-state index in [1.165, 1.54) is 51.4 Å². The van der Waals surface area contributed by atoms with Gasteiger partial charge in [0, 0.05) is 19.3 Å². The second-order valence-corrected chi connectivity index (χ2v) is 19.8. The van der Waals surface area contributed by atoms with Crippen molar-refractivity contribution in [3.8, 4) is 0 Å². The molecule has 6 nitrogen and oxygen atoms in total. The van der Waals surface area contributed by atoms with Crippen LogP contribution in [0.4, 0.5) is 0 Å². The molecule has 0 rings (SSSR count). The Bertz CT molecular complexity index is 1740. The van der Waals surface area contributed by atoms with Crippen molar-refractivity contribution in [3.63, 3.8) is 0 Å². The molecule has 0 aromatic carbocycles. The van der Waals surface area contributed by atoms with Crippen LogP contribution in [0.5, 0.6) is 0 Å². The Morgan fingerprint density at radius 2 is 0.519 bits per heavy atom. The normalized spacial score (nSPS) is 13.2. The number of unbranched alkanes of at least 4 members (excludes halogenated alkanes) is 17. The first-order valence-electron chi connectivity index (χ1n) is 31.0. The van der Waals surface area contributed by atoms with E-state index in [0.29, 0.717) is 12.8 Å². The van der Waals surface area contributed by atoms with Gasteiger partial charge >= 0.3 is 17.9 Å². The van der Waals surface area contributed by atoms with E-state index in [0.717, 1.165) is 154 Å². The highest BCUT2D eigenvalue weighted by molar-refractivity contribution is 5.71. The van der Waals surface area contributed by atoms with Crippen molar-refractivity contribution in [3.05, 3.63) is 158 Å². The van der Waals surface area contributed by atoms with Crippen molar-refractivity contribution in [2.45, 2.75) is 258 Å². The second-order valence-electron chi connectivity index (χ2n) is 19.8. The fourth-order valence-electron chi connectivity index (χ4n) is 7.92. The molecule has 6 heteroatoms. The smallest absolute Gasteiger partial charge is 0.306 e. The van der Waals surface area contributed by atoms with Gasteiger partial charge in [0.1, 0.15) is 13.2 Å². The van der Waals surface area contributed by atoms with Crippen LogP contribution in [0.3, 0.4) is 0 Å². The Morgan fingerprint density at radius 3 is 0.857 bits per heavy atom. The van der Waals surface area contributed by atoms with Gasteiger partial charge in [0.15, 0.2) is 6.10 Å². The molecular formula is C71H112O6. The minimum atomic E-state index is -0.825. The summed E-state index contributed by atoms with van der Waals surface area (Å²) in [7, 11) is 0. The first kappa shape index (κ1) is 72.0. The third-order valence-corrected chi connectivity index (χ3v) is 12.5. The minimum absolute atomic E-state index is 0.115. The Hall–Kier alpha value is -4.97. The molecule has 77 heavy (non-hydrogen) atoms. The van der Waals surface area contributed by atoms with Crippen molar-refractivity contribution >= 4 is 17.9 Å². The van der Waals surface area contributed by atoms with Gasteiger partial charge in [-0.2, -0.15) is 0 Å². The largest absolute Gasteiger partial charge is 0.462 e. The van der Waals surface area contributed by atoms with Crippen molar-refractivity contribution in [1.29, 1.82) is 0 Å². The molecule has 0 bridgehead atoms. The number of rotatable bonds is 54. The molecule has 0 fully saturated rings. The number of ether oxygens (including phenoxy) is 3. The van der Waals surface area contributed by atoms with Gasteiger partial charge < -0.3 is 14.2 Å². The summed E-state index contributed by atoms with van der Waals surface area (Å²) in [6.07, 6.45) is 92.4. The first-order chi connectivity index (χ1) is 38.0. The highest BCUT2D eigenvalue weighted by Gasteiger charge is 2.19. The van der Waals surface area contributed by atoms with Gasteiger partial charge in [-0.25, -0.2) is 0 Å². The molecule has 0 amide bonds. The monoisotopic (exact) mass is 1060 g/mol. The van der Waals surface area contributed by atoms with Crippen molar-refractivity contribution in [2.75, 3.05) is 13.2 Å². The zero-order valence-electron chi connectivity index (χ0n) is 49.4. The van der Waals surface area contributed by atoms with E-state index in [1.54, 1.807) is 0 Å². The van der Waals surface area contributed by atoms with E-state index in [9.17, 15) is 14.4 Å². The lowest BCUT2D eigenvalue weighted by molar-refractivity contribution is -0.167. The van der Waals surface area contributed by atoms with Gasteiger partial charge in [-0.1, -0.05) is 249 Å². The zero-order chi connectivity index (χ0) is 55.7. The third-order valence-electron chi connectivity index (χ3n) is 12.5. The van der Waals surface area contributed by atoms with Crippen LogP contribution in [0.25, 0.3) is 0 Å². The summed E-state index contributed by atoms with van der Waals surface area (Å²) in [5, 5.41) is 0. The summed E-state index contributed by atoms with van der Waals surface area (Å²) in [4.78, 5) is 38.3. The Morgan fingerprint density at radius 1 is 0.273 bits per heavy atom. The Balaban J connectivity index is 4.56. The van der Waals surface area contributed by atoms with Gasteiger partial charge in [0.05, 0.1) is 0 Å². The number of carbonyl (C=O) groups excluding carboxylic acids is 3. The van der Waals surface area contributed by atoms with E-state index >= 15 is 0 Å². The van der Waals surface area contributed by atoms with Crippen molar-refractivity contribution < 1.29 is 28.6 Å². The molecule has 0 aliphatic heterocycles. The number of carbonyl (C=O) groups is 3. The third kappa shape index (κ3) is 61.8. The summed E-state index contributed by atoms with van der Waals surface area (Å²) >= 11 is 0. The van der Waals surface area contributed by atoms with Crippen molar-refractivity contribution in [2.24, 2.45) is 0 Å². The van der Waals surface area contributed by atoms with Crippen LogP contribution in [0, 0.1) is 0 Å². The fraction of sp³-hybridized carbons (Fsp3) is 0.592. The molecule has 0 aromatic heterocycles. The summed E-state index contributed by atoms with van der Waals surface area (Å²) in [5.41, 5.74) is 0. The minimum Gasteiger partial charge on any atom is -0.462 e. The molecule has 0 heterocycles. The molecule has 0 aromatic rings. The maximum absolute atomic E-state index is 12.9. The predicted octanol–water partition coefficient (Wildman–Crippen LogP) is 21.3. The van der Waals surface area contributed by atoms with Gasteiger partial charge in [-0.3, -0.25) is 14.4 Å². The summed E-state index contributed by atoms with van der Waals surface area (Å²) < 4.78 is 16.8. The molecule has 0 N–H and O–H groups in total. The molecule has 1 unspecified atom stereocenters. The maximum atomic E-state index is 12.9. The number of esters is 3. The zero-order valence-corrected chi connectivity index (χ0v) is 49.4. The van der Waals surface area contributed by atoms with Crippen LogP contribution in [-0.4, -0.2) is 37.2 Å². The maximum Gasteiger partial charge on any atom is 0.306 e. The standard InChI is InChI=1S/C71H112O6/c1-4-7-10-13-16-19-22-25-28-30-32-34-35-37-38-40-43-46-49-52-55-58-61-64-70(73)76-67-68(66-75-69(72)63-60-57-54-51-48-45-42-27-24-21-18-15-12-9-6-3)77-71(74)65-62-59-56-53-50-47-44-41-39-36-33-31-29-26-23-20-17-14-11-8-5-2/h7-8,10-11,16-17,19-20,25-29,32-34,36-38,41-44,46,52,55,68H,4-6,9,12-15,18,21-24,30-31,35,39-40,45,47-51,53-54,56-67H2,1-3H3/b10-7-,11-8-,19-16-,20-17-,28-25-,29-26-,34-32-,36-33-,38-37-,42-27-,44-41-,46-43-,55-52-. The average molecular weight is 1060 g/mol. The fourth-order valence-corrected chi connectivity index (χ4v) is 7.92. The highest BCUT2D eigenvalue weighted by atomic mass is 16.6. The lowest BCUT2D eigenvalue weighted by atomic mass is 10.1. The second kappa shape index (κ2) is 63.6. The van der Waals surface area contributed by atoms with Crippen LogP contribution in [0.2, 0.25) is 0 Å². The van der Waals surface area contributed by atoms with E-state index in [2.05, 4.69) is 179 Å². The van der Waals surface area contributed by atoms with Gasteiger partial charge in [-0.05, 0) is 141 Å². The first-order valence-corrected chi connectivity index (χ1v) is 31.0. The quantitative estimate of drug-likeness (QED) is 0.0261. The lowest BCUT2D eigenvalue weighted by Crippen LogP contribution is -2.30. The van der Waals surface area contributed by atoms with E-state index in [1.807, 2.05) is 0 Å². The molecule has 0 spiro atoms. The molecule has 0 radical (unpaired) electrons. The van der Waals surface area contributed by atoms with Gasteiger partial charge in [0.25, 0.3) is 0 Å². The van der Waals surface area contributed by atoms with Crippen LogP contribution < -0.4 is 0 Å². The Labute approximate surface area is 473 Å². The molecule has 0 saturated heterocycles. The molecule has 0 aliphatic carbocycles. The van der Waals surface area contributed by atoms with Crippen molar-refractivity contribution in [1.82, 2.24) is 0 Å². The average Bonchev–Trinajstić information content (AvgIpc) is 3.43. The van der Waals surface area contributed by atoms with Crippen LogP contribution >= 0.6 is 0 Å². The van der Waals surface area contributed by atoms with Gasteiger partial charge in [-0.15, -0.1) is 0 Å². The lowest BCUT2D eigenvalue weighted by Gasteiger charge is -2.18. The van der Waals surface area contributed by atoms with E-state index in [4.69, 9.17) is 14.2 Å². The van der Waals surface area contributed by atoms with Crippen LogP contribution in [0.1, 0.15) is 252 Å². The number of hydrogen-bond acceptors (Lipinski definition) is 6. The Kier molecular flexibility index (Phi) is 59.5. The molecule has 0 saturated carbocycles. The predicted molar refractivity (Wildman–Crippen MR) is 334 cm³/mol. The topological polar surface area (TPSA) is 78.9 Å². The van der Waals surface area contributed by atoms with E-state index in [-0.39, 0.29) is 44.0 Å². The van der Waals surface area contributed by atoms with Crippen LogP contribution in [-0.2, 0) is 28.6 Å². The van der Waals surface area contributed by atoms with Gasteiger partial charge in [0.2, 0.25) is 0 Å². The highest BCUT2D eigenvalue weighted by Crippen LogP contribution is 2.13. The number of allylic oxidation sites excluding steroid dienone is 26. The molecule has 0 aliphatic rings.